The Bertz CT molecular complexity index is 303. The van der Waals surface area contributed by atoms with E-state index in [1.165, 1.54) is 0 Å². The highest BCUT2D eigenvalue weighted by atomic mass is 35.5. The van der Waals surface area contributed by atoms with Gasteiger partial charge in [-0.3, -0.25) is 4.98 Å². The average molecular weight is 249 g/mol. The molecule has 2 heterocycles. The minimum Gasteiger partial charge on any atom is -0.489 e. The Labute approximate surface area is 101 Å². The van der Waals surface area contributed by atoms with Crippen LogP contribution < -0.4 is 10.1 Å². The number of hydrogen-bond donors (Lipinski definition) is 1. The molecular formula is C10H14Cl2N2O. The lowest BCUT2D eigenvalue weighted by Crippen LogP contribution is -2.34. The van der Waals surface area contributed by atoms with Crippen LogP contribution in [0.25, 0.3) is 0 Å². The predicted octanol–water partition coefficient (Wildman–Crippen LogP) is 2.29. The van der Waals surface area contributed by atoms with Gasteiger partial charge in [-0.05, 0) is 25.9 Å². The average Bonchev–Trinajstić information content (AvgIpc) is 2.19. The van der Waals surface area contributed by atoms with Crippen molar-refractivity contribution in [1.29, 1.82) is 0 Å². The number of ether oxygens (including phenoxy) is 1. The van der Waals surface area contributed by atoms with Crippen molar-refractivity contribution in [3.8, 4) is 5.75 Å². The van der Waals surface area contributed by atoms with Gasteiger partial charge in [-0.25, -0.2) is 0 Å². The van der Waals surface area contributed by atoms with E-state index in [0.717, 1.165) is 31.7 Å². The summed E-state index contributed by atoms with van der Waals surface area (Å²) in [4.78, 5) is 3.98. The summed E-state index contributed by atoms with van der Waals surface area (Å²) in [7, 11) is 0. The second-order valence-corrected chi connectivity index (χ2v) is 3.84. The third kappa shape index (κ3) is 3.86. The Morgan fingerprint density at radius 1 is 1.33 bits per heavy atom. The lowest BCUT2D eigenvalue weighted by atomic mass is 10.1. The summed E-state index contributed by atoms with van der Waals surface area (Å²) in [6.07, 6.45) is 5.71. The molecule has 0 unspecified atom stereocenters. The summed E-state index contributed by atoms with van der Waals surface area (Å²) >= 11 is 5.81. The molecule has 1 aliphatic rings. The number of nitrogens with one attached hydrogen (secondary N) is 1. The fraction of sp³-hybridized carbons (Fsp3) is 0.500. The molecule has 1 aliphatic heterocycles. The van der Waals surface area contributed by atoms with Gasteiger partial charge in [0, 0.05) is 12.3 Å². The SMILES string of the molecule is Cl.Clc1cncc(OC2CCNCC2)c1. The lowest BCUT2D eigenvalue weighted by molar-refractivity contribution is 0.162. The molecule has 84 valence electrons. The zero-order valence-electron chi connectivity index (χ0n) is 8.28. The summed E-state index contributed by atoms with van der Waals surface area (Å²) < 4.78 is 5.75. The van der Waals surface area contributed by atoms with Gasteiger partial charge in [0.15, 0.2) is 0 Å². The maximum absolute atomic E-state index is 5.81. The van der Waals surface area contributed by atoms with Crippen molar-refractivity contribution in [1.82, 2.24) is 10.3 Å². The maximum atomic E-state index is 5.81. The molecule has 1 fully saturated rings. The predicted molar refractivity (Wildman–Crippen MR) is 63.0 cm³/mol. The summed E-state index contributed by atoms with van der Waals surface area (Å²) in [6, 6.07) is 1.80. The smallest absolute Gasteiger partial charge is 0.139 e. The van der Waals surface area contributed by atoms with Crippen molar-refractivity contribution < 1.29 is 4.74 Å². The summed E-state index contributed by atoms with van der Waals surface area (Å²) in [5, 5.41) is 3.91. The van der Waals surface area contributed by atoms with Gasteiger partial charge >= 0.3 is 0 Å². The van der Waals surface area contributed by atoms with E-state index in [9.17, 15) is 0 Å². The van der Waals surface area contributed by atoms with Gasteiger partial charge in [-0.1, -0.05) is 11.6 Å². The molecule has 2 rings (SSSR count). The third-order valence-electron chi connectivity index (χ3n) is 2.27. The van der Waals surface area contributed by atoms with Crippen LogP contribution in [0.3, 0.4) is 0 Å². The number of aromatic nitrogens is 1. The molecule has 0 atom stereocenters. The zero-order chi connectivity index (χ0) is 9.80. The number of nitrogens with zero attached hydrogens (tertiary/aromatic N) is 1. The first-order valence-corrected chi connectivity index (χ1v) is 5.20. The monoisotopic (exact) mass is 248 g/mol. The number of halogens is 2. The van der Waals surface area contributed by atoms with Gasteiger partial charge < -0.3 is 10.1 Å². The molecule has 15 heavy (non-hydrogen) atoms. The Hall–Kier alpha value is -0.510. The van der Waals surface area contributed by atoms with E-state index in [-0.39, 0.29) is 12.4 Å². The lowest BCUT2D eigenvalue weighted by Gasteiger charge is -2.23. The van der Waals surface area contributed by atoms with Crippen molar-refractivity contribution >= 4 is 24.0 Å². The molecule has 0 bridgehead atoms. The second-order valence-electron chi connectivity index (χ2n) is 3.41. The van der Waals surface area contributed by atoms with E-state index >= 15 is 0 Å². The molecule has 0 amide bonds. The van der Waals surface area contributed by atoms with Crippen molar-refractivity contribution in [3.05, 3.63) is 23.5 Å². The first-order valence-electron chi connectivity index (χ1n) is 4.82. The minimum absolute atomic E-state index is 0. The highest BCUT2D eigenvalue weighted by molar-refractivity contribution is 6.30. The Kier molecular flexibility index (Phi) is 5.15. The standard InChI is InChI=1S/C10H13ClN2O.ClH/c11-8-5-10(7-13-6-8)14-9-1-3-12-4-2-9;/h5-7,9,12H,1-4H2;1H. The van der Waals surface area contributed by atoms with E-state index in [1.807, 2.05) is 0 Å². The molecule has 5 heteroatoms. The molecule has 0 aromatic carbocycles. The fourth-order valence-electron chi connectivity index (χ4n) is 1.56. The topological polar surface area (TPSA) is 34.1 Å². The molecule has 1 aromatic rings. The Morgan fingerprint density at radius 3 is 2.73 bits per heavy atom. The van der Waals surface area contributed by atoms with Gasteiger partial charge in [0.25, 0.3) is 0 Å². The number of hydrogen-bond acceptors (Lipinski definition) is 3. The van der Waals surface area contributed by atoms with Crippen molar-refractivity contribution in [2.24, 2.45) is 0 Å². The van der Waals surface area contributed by atoms with E-state index in [2.05, 4.69) is 10.3 Å². The van der Waals surface area contributed by atoms with Crippen LogP contribution in [-0.4, -0.2) is 24.2 Å². The van der Waals surface area contributed by atoms with Crippen LogP contribution in [0.4, 0.5) is 0 Å². The summed E-state index contributed by atoms with van der Waals surface area (Å²) in [5.41, 5.74) is 0. The van der Waals surface area contributed by atoms with Crippen LogP contribution in [0.15, 0.2) is 18.5 Å². The molecule has 0 radical (unpaired) electrons. The zero-order valence-corrected chi connectivity index (χ0v) is 9.85. The molecule has 1 N–H and O–H groups in total. The van der Waals surface area contributed by atoms with Gasteiger partial charge in [0.1, 0.15) is 11.9 Å². The molecule has 0 spiro atoms. The van der Waals surface area contributed by atoms with Crippen LogP contribution in [0, 0.1) is 0 Å². The molecule has 1 aromatic heterocycles. The van der Waals surface area contributed by atoms with Crippen LogP contribution in [0.1, 0.15) is 12.8 Å². The minimum atomic E-state index is 0. The Balaban J connectivity index is 0.00000112. The van der Waals surface area contributed by atoms with E-state index < -0.39 is 0 Å². The highest BCUT2D eigenvalue weighted by Gasteiger charge is 2.14. The van der Waals surface area contributed by atoms with E-state index in [4.69, 9.17) is 16.3 Å². The van der Waals surface area contributed by atoms with Crippen LogP contribution in [0.2, 0.25) is 5.02 Å². The number of pyridine rings is 1. The highest BCUT2D eigenvalue weighted by Crippen LogP contribution is 2.18. The Morgan fingerprint density at radius 2 is 2.07 bits per heavy atom. The number of piperidine rings is 1. The quantitative estimate of drug-likeness (QED) is 0.873. The van der Waals surface area contributed by atoms with Crippen molar-refractivity contribution in [2.45, 2.75) is 18.9 Å². The normalized spacial score (nSPS) is 16.9. The summed E-state index contributed by atoms with van der Waals surface area (Å²) in [6.45, 7) is 2.05. The van der Waals surface area contributed by atoms with E-state index in [0.29, 0.717) is 11.1 Å². The van der Waals surface area contributed by atoms with Gasteiger partial charge in [0.2, 0.25) is 0 Å². The van der Waals surface area contributed by atoms with Crippen LogP contribution in [0.5, 0.6) is 5.75 Å². The summed E-state index contributed by atoms with van der Waals surface area (Å²) in [5.74, 6) is 0.768. The maximum Gasteiger partial charge on any atom is 0.139 e. The largest absolute Gasteiger partial charge is 0.489 e. The first kappa shape index (κ1) is 12.6. The van der Waals surface area contributed by atoms with Gasteiger partial charge in [0.05, 0.1) is 11.2 Å². The molecular weight excluding hydrogens is 235 g/mol. The molecule has 3 nitrogen and oxygen atoms in total. The molecule has 0 aliphatic carbocycles. The molecule has 0 saturated carbocycles. The first-order chi connectivity index (χ1) is 6.84. The van der Waals surface area contributed by atoms with Crippen molar-refractivity contribution in [2.75, 3.05) is 13.1 Å². The van der Waals surface area contributed by atoms with Crippen LogP contribution in [-0.2, 0) is 0 Å². The third-order valence-corrected chi connectivity index (χ3v) is 2.48. The fourth-order valence-corrected chi connectivity index (χ4v) is 1.73. The van der Waals surface area contributed by atoms with Crippen LogP contribution >= 0.6 is 24.0 Å². The molecule has 1 saturated heterocycles. The second kappa shape index (κ2) is 6.16. The van der Waals surface area contributed by atoms with Crippen molar-refractivity contribution in [3.63, 3.8) is 0 Å². The van der Waals surface area contributed by atoms with Gasteiger partial charge in [-0.15, -0.1) is 12.4 Å². The van der Waals surface area contributed by atoms with E-state index in [1.54, 1.807) is 18.5 Å². The van der Waals surface area contributed by atoms with Gasteiger partial charge in [-0.2, -0.15) is 0 Å². The number of rotatable bonds is 2.